The predicted molar refractivity (Wildman–Crippen MR) is 105 cm³/mol. The minimum atomic E-state index is -0.384. The Labute approximate surface area is 163 Å². The molecule has 7 heteroatoms. The Hall–Kier alpha value is -1.86. The third-order valence-corrected chi connectivity index (χ3v) is 4.73. The van der Waals surface area contributed by atoms with E-state index in [1.165, 1.54) is 6.21 Å². The molecule has 0 saturated carbocycles. The van der Waals surface area contributed by atoms with Crippen molar-refractivity contribution in [2.75, 3.05) is 6.61 Å². The molecule has 2 rings (SSSR count). The van der Waals surface area contributed by atoms with Gasteiger partial charge in [0.15, 0.2) is 6.61 Å². The number of aromatic hydroxyl groups is 1. The van der Waals surface area contributed by atoms with Gasteiger partial charge in [0.25, 0.3) is 5.91 Å². The minimum absolute atomic E-state index is 0.0449. The van der Waals surface area contributed by atoms with Crippen molar-refractivity contribution in [1.29, 1.82) is 0 Å². The van der Waals surface area contributed by atoms with Crippen LogP contribution in [0.15, 0.2) is 38.3 Å². The van der Waals surface area contributed by atoms with E-state index in [1.807, 2.05) is 32.9 Å². The lowest BCUT2D eigenvalue weighted by molar-refractivity contribution is -0.123. The normalized spacial score (nSPS) is 10.9. The summed E-state index contributed by atoms with van der Waals surface area (Å²) in [5, 5.41) is 13.8. The van der Waals surface area contributed by atoms with Gasteiger partial charge in [-0.3, -0.25) is 4.79 Å². The number of benzene rings is 2. The first-order chi connectivity index (χ1) is 11.8. The van der Waals surface area contributed by atoms with E-state index in [1.54, 1.807) is 12.1 Å². The molecule has 0 aliphatic rings. The van der Waals surface area contributed by atoms with Crippen LogP contribution in [0.1, 0.15) is 22.3 Å². The highest BCUT2D eigenvalue weighted by molar-refractivity contribution is 9.11. The second-order valence-electron chi connectivity index (χ2n) is 5.56. The maximum Gasteiger partial charge on any atom is 0.277 e. The van der Waals surface area contributed by atoms with Crippen molar-refractivity contribution in [3.8, 4) is 11.5 Å². The first kappa shape index (κ1) is 19.5. The summed E-state index contributed by atoms with van der Waals surface area (Å²) in [6.45, 7) is 5.75. The van der Waals surface area contributed by atoms with Gasteiger partial charge in [0.2, 0.25) is 0 Å². The number of nitrogens with zero attached hydrogens (tertiary/aromatic N) is 1. The molecule has 2 aromatic carbocycles. The van der Waals surface area contributed by atoms with Crippen LogP contribution in [-0.4, -0.2) is 23.8 Å². The van der Waals surface area contributed by atoms with Crippen LogP contribution in [0.5, 0.6) is 11.5 Å². The molecule has 0 heterocycles. The van der Waals surface area contributed by atoms with Gasteiger partial charge >= 0.3 is 0 Å². The molecule has 0 unspecified atom stereocenters. The Morgan fingerprint density at radius 3 is 2.64 bits per heavy atom. The number of phenolic OH excluding ortho intramolecular Hbond substituents is 1. The Morgan fingerprint density at radius 1 is 1.24 bits per heavy atom. The lowest BCUT2D eigenvalue weighted by Crippen LogP contribution is -2.25. The molecule has 0 aromatic heterocycles. The van der Waals surface area contributed by atoms with Gasteiger partial charge in [-0.25, -0.2) is 5.43 Å². The number of rotatable bonds is 5. The van der Waals surface area contributed by atoms with Gasteiger partial charge in [-0.2, -0.15) is 5.10 Å². The average molecular weight is 470 g/mol. The summed E-state index contributed by atoms with van der Waals surface area (Å²) in [6.07, 6.45) is 1.37. The first-order valence-electron chi connectivity index (χ1n) is 7.49. The second-order valence-corrected chi connectivity index (χ2v) is 7.33. The standard InChI is InChI=1S/C18H18Br2N2O3/c1-10-4-5-11(2)18(12(10)3)25-9-16(23)22-21-8-13-6-14(19)7-15(20)17(13)24/h4-8,24H,9H2,1-3H3,(H,22,23)/b21-8+. The molecule has 0 radical (unpaired) electrons. The van der Waals surface area contributed by atoms with Gasteiger partial charge in [-0.05, 0) is 65.5 Å². The number of hydrazone groups is 1. The fraction of sp³-hybridized carbons (Fsp3) is 0.222. The number of phenols is 1. The summed E-state index contributed by atoms with van der Waals surface area (Å²) in [5.74, 6) is 0.376. The SMILES string of the molecule is Cc1ccc(C)c(OCC(=O)N/N=C/c2cc(Br)cc(Br)c2O)c1C. The molecule has 0 atom stereocenters. The number of ether oxygens (including phenoxy) is 1. The fourth-order valence-corrected chi connectivity index (χ4v) is 3.43. The van der Waals surface area contributed by atoms with Gasteiger partial charge in [-0.15, -0.1) is 0 Å². The first-order valence-corrected chi connectivity index (χ1v) is 9.07. The summed E-state index contributed by atoms with van der Waals surface area (Å²) in [5.41, 5.74) is 5.95. The molecular weight excluding hydrogens is 452 g/mol. The molecule has 0 aliphatic carbocycles. The van der Waals surface area contributed by atoms with Gasteiger partial charge in [0.05, 0.1) is 10.7 Å². The summed E-state index contributed by atoms with van der Waals surface area (Å²) in [6, 6.07) is 7.38. The molecule has 0 spiro atoms. The Balaban J connectivity index is 1.97. The molecule has 0 aliphatic heterocycles. The van der Waals surface area contributed by atoms with Gasteiger partial charge in [0.1, 0.15) is 11.5 Å². The molecule has 2 aromatic rings. The zero-order chi connectivity index (χ0) is 18.6. The van der Waals surface area contributed by atoms with E-state index < -0.39 is 0 Å². The Bertz CT molecular complexity index is 836. The Morgan fingerprint density at radius 2 is 1.92 bits per heavy atom. The number of hydrogen-bond donors (Lipinski definition) is 2. The number of amides is 1. The topological polar surface area (TPSA) is 70.9 Å². The van der Waals surface area contributed by atoms with Gasteiger partial charge < -0.3 is 9.84 Å². The number of nitrogens with one attached hydrogen (secondary N) is 1. The molecule has 2 N–H and O–H groups in total. The van der Waals surface area contributed by atoms with E-state index in [4.69, 9.17) is 4.74 Å². The lowest BCUT2D eigenvalue weighted by Gasteiger charge is -2.13. The fourth-order valence-electron chi connectivity index (χ4n) is 2.18. The molecule has 0 saturated heterocycles. The summed E-state index contributed by atoms with van der Waals surface area (Å²) < 4.78 is 6.93. The molecule has 5 nitrogen and oxygen atoms in total. The van der Waals surface area contributed by atoms with Crippen LogP contribution < -0.4 is 10.2 Å². The van der Waals surface area contributed by atoms with Crippen molar-refractivity contribution in [3.63, 3.8) is 0 Å². The summed E-state index contributed by atoms with van der Waals surface area (Å²) >= 11 is 6.57. The van der Waals surface area contributed by atoms with E-state index in [-0.39, 0.29) is 18.3 Å². The van der Waals surface area contributed by atoms with Crippen molar-refractivity contribution in [2.24, 2.45) is 5.10 Å². The Kier molecular flexibility index (Phi) is 6.61. The summed E-state index contributed by atoms with van der Waals surface area (Å²) in [7, 11) is 0. The molecule has 0 fully saturated rings. The monoisotopic (exact) mass is 468 g/mol. The van der Waals surface area contributed by atoms with E-state index in [0.29, 0.717) is 15.8 Å². The van der Waals surface area contributed by atoms with Crippen molar-refractivity contribution in [2.45, 2.75) is 20.8 Å². The van der Waals surface area contributed by atoms with Crippen LogP contribution in [0.2, 0.25) is 0 Å². The number of hydrogen-bond acceptors (Lipinski definition) is 4. The second kappa shape index (κ2) is 8.49. The molecule has 132 valence electrons. The van der Waals surface area contributed by atoms with Crippen LogP contribution in [0.4, 0.5) is 0 Å². The van der Waals surface area contributed by atoms with E-state index in [0.717, 1.165) is 21.2 Å². The van der Waals surface area contributed by atoms with E-state index in [2.05, 4.69) is 42.4 Å². The molecule has 1 amide bonds. The number of carbonyl (C=O) groups is 1. The van der Waals surface area contributed by atoms with Crippen molar-refractivity contribution in [3.05, 3.63) is 55.5 Å². The highest BCUT2D eigenvalue weighted by atomic mass is 79.9. The van der Waals surface area contributed by atoms with Crippen molar-refractivity contribution >= 4 is 44.0 Å². The van der Waals surface area contributed by atoms with Crippen LogP contribution in [0.25, 0.3) is 0 Å². The molecule has 25 heavy (non-hydrogen) atoms. The zero-order valence-electron chi connectivity index (χ0n) is 14.1. The maximum absolute atomic E-state index is 11.9. The van der Waals surface area contributed by atoms with Crippen LogP contribution in [0.3, 0.4) is 0 Å². The lowest BCUT2D eigenvalue weighted by atomic mass is 10.1. The van der Waals surface area contributed by atoms with Crippen molar-refractivity contribution in [1.82, 2.24) is 5.43 Å². The van der Waals surface area contributed by atoms with E-state index >= 15 is 0 Å². The molecule has 0 bridgehead atoms. The smallest absolute Gasteiger partial charge is 0.277 e. The van der Waals surface area contributed by atoms with Crippen LogP contribution in [-0.2, 0) is 4.79 Å². The number of halogens is 2. The van der Waals surface area contributed by atoms with Gasteiger partial charge in [-0.1, -0.05) is 28.1 Å². The van der Waals surface area contributed by atoms with Crippen LogP contribution >= 0.6 is 31.9 Å². The highest BCUT2D eigenvalue weighted by Gasteiger charge is 2.09. The van der Waals surface area contributed by atoms with E-state index in [9.17, 15) is 9.90 Å². The summed E-state index contributed by atoms with van der Waals surface area (Å²) in [4.78, 5) is 11.9. The van der Waals surface area contributed by atoms with Crippen LogP contribution in [0, 0.1) is 20.8 Å². The number of carbonyl (C=O) groups excluding carboxylic acids is 1. The zero-order valence-corrected chi connectivity index (χ0v) is 17.2. The third kappa shape index (κ3) is 5.06. The molecular formula is C18H18Br2N2O3. The average Bonchev–Trinajstić information content (AvgIpc) is 2.55. The predicted octanol–water partition coefficient (Wildman–Crippen LogP) is 4.37. The number of aryl methyl sites for hydroxylation is 2. The third-order valence-electron chi connectivity index (χ3n) is 3.67. The maximum atomic E-state index is 11.9. The van der Waals surface area contributed by atoms with Crippen molar-refractivity contribution < 1.29 is 14.6 Å². The highest BCUT2D eigenvalue weighted by Crippen LogP contribution is 2.30. The quantitative estimate of drug-likeness (QED) is 0.504. The minimum Gasteiger partial charge on any atom is -0.506 e. The largest absolute Gasteiger partial charge is 0.506 e. The van der Waals surface area contributed by atoms with Gasteiger partial charge in [0, 0.05) is 10.0 Å².